The molecule has 1 nitrogen and oxygen atoms in total. The van der Waals surface area contributed by atoms with Gasteiger partial charge in [0, 0.05) is 10.8 Å². The molecule has 0 aliphatic rings. The van der Waals surface area contributed by atoms with Gasteiger partial charge < -0.3 is 0 Å². The van der Waals surface area contributed by atoms with Gasteiger partial charge in [0.25, 0.3) is 0 Å². The highest BCUT2D eigenvalue weighted by molar-refractivity contribution is 14.1. The van der Waals surface area contributed by atoms with Gasteiger partial charge in [0.2, 0.25) is 0 Å². The molecule has 0 bridgehead atoms. The van der Waals surface area contributed by atoms with Crippen LogP contribution in [0.5, 0.6) is 0 Å². The van der Waals surface area contributed by atoms with Crippen LogP contribution in [0.1, 0.15) is 19.3 Å². The number of ketones is 1. The minimum Gasteiger partial charge on any atom is -0.295 e. The molecular formula is C9H13IO. The van der Waals surface area contributed by atoms with E-state index in [1.54, 1.807) is 0 Å². The number of unbranched alkanes of at least 4 members (excludes halogenated alkanes) is 1. The molecule has 0 aromatic heterocycles. The molecule has 0 heterocycles. The summed E-state index contributed by atoms with van der Waals surface area (Å²) < 4.78 is 1.05. The Balaban J connectivity index is 3.20. The van der Waals surface area contributed by atoms with Crippen LogP contribution >= 0.6 is 22.6 Å². The largest absolute Gasteiger partial charge is 0.295 e. The topological polar surface area (TPSA) is 17.1 Å². The predicted octanol–water partition coefficient (Wildman–Crippen LogP) is 2.90. The van der Waals surface area contributed by atoms with Crippen LogP contribution in [0.3, 0.4) is 0 Å². The molecule has 0 rings (SSSR count). The number of carbonyl (C=O) groups is 1. The van der Waals surface area contributed by atoms with E-state index in [1.807, 2.05) is 0 Å². The molecule has 0 aromatic rings. The van der Waals surface area contributed by atoms with Crippen LogP contribution in [-0.2, 0) is 4.79 Å². The number of rotatable bonds is 6. The highest BCUT2D eigenvalue weighted by Crippen LogP contribution is 1.98. The van der Waals surface area contributed by atoms with Crippen molar-refractivity contribution in [2.75, 3.05) is 4.43 Å². The van der Waals surface area contributed by atoms with Crippen LogP contribution < -0.4 is 0 Å². The average molecular weight is 264 g/mol. The van der Waals surface area contributed by atoms with Crippen LogP contribution in [0.15, 0.2) is 24.8 Å². The lowest BCUT2D eigenvalue weighted by Gasteiger charge is -1.90. The maximum absolute atomic E-state index is 10.7. The molecular weight excluding hydrogens is 251 g/mol. The number of hydrogen-bond donors (Lipinski definition) is 0. The Morgan fingerprint density at radius 1 is 1.45 bits per heavy atom. The Bertz CT molecular complexity index is 150. The SMILES string of the molecule is C=CC(=O)CCC/C=C/CI. The van der Waals surface area contributed by atoms with E-state index in [-0.39, 0.29) is 5.78 Å². The monoisotopic (exact) mass is 264 g/mol. The van der Waals surface area contributed by atoms with Gasteiger partial charge in [-0.05, 0) is 18.9 Å². The summed E-state index contributed by atoms with van der Waals surface area (Å²) in [4.78, 5) is 10.7. The molecule has 0 saturated heterocycles. The Kier molecular flexibility index (Phi) is 7.89. The third-order valence-electron chi connectivity index (χ3n) is 1.28. The molecule has 2 heteroatoms. The van der Waals surface area contributed by atoms with E-state index in [9.17, 15) is 4.79 Å². The van der Waals surface area contributed by atoms with Crippen molar-refractivity contribution in [3.05, 3.63) is 24.8 Å². The first-order valence-electron chi connectivity index (χ1n) is 3.67. The first-order valence-corrected chi connectivity index (χ1v) is 5.20. The van der Waals surface area contributed by atoms with E-state index in [1.165, 1.54) is 6.08 Å². The second-order valence-corrected chi connectivity index (χ2v) is 3.07. The average Bonchev–Trinajstić information content (AvgIpc) is 2.04. The standard InChI is InChI=1S/C9H13IO/c1-2-9(11)7-5-3-4-6-8-10/h2,4,6H,1,3,5,7-8H2/b6-4+. The van der Waals surface area contributed by atoms with Crippen molar-refractivity contribution in [1.29, 1.82) is 0 Å². The summed E-state index contributed by atoms with van der Waals surface area (Å²) >= 11 is 2.29. The fourth-order valence-corrected chi connectivity index (χ4v) is 1.04. The van der Waals surface area contributed by atoms with Crippen molar-refractivity contribution in [1.82, 2.24) is 0 Å². The van der Waals surface area contributed by atoms with E-state index in [4.69, 9.17) is 0 Å². The Labute approximate surface area is 81.7 Å². The Morgan fingerprint density at radius 3 is 2.73 bits per heavy atom. The van der Waals surface area contributed by atoms with Crippen molar-refractivity contribution in [3.63, 3.8) is 0 Å². The molecule has 0 amide bonds. The zero-order valence-electron chi connectivity index (χ0n) is 6.55. The van der Waals surface area contributed by atoms with Gasteiger partial charge in [0.05, 0.1) is 0 Å². The van der Waals surface area contributed by atoms with Crippen molar-refractivity contribution in [3.8, 4) is 0 Å². The molecule has 0 fully saturated rings. The number of carbonyl (C=O) groups excluding carboxylic acids is 1. The third kappa shape index (κ3) is 7.78. The number of hydrogen-bond acceptors (Lipinski definition) is 1. The molecule has 0 aromatic carbocycles. The van der Waals surface area contributed by atoms with Crippen LogP contribution in [0, 0.1) is 0 Å². The summed E-state index contributed by atoms with van der Waals surface area (Å²) in [5, 5.41) is 0. The van der Waals surface area contributed by atoms with Gasteiger partial charge in [-0.25, -0.2) is 0 Å². The first kappa shape index (κ1) is 10.9. The number of halogens is 1. The van der Waals surface area contributed by atoms with Gasteiger partial charge in [-0.15, -0.1) is 0 Å². The minimum atomic E-state index is 0.146. The maximum Gasteiger partial charge on any atom is 0.155 e. The van der Waals surface area contributed by atoms with E-state index < -0.39 is 0 Å². The van der Waals surface area contributed by atoms with Crippen LogP contribution in [-0.4, -0.2) is 10.2 Å². The summed E-state index contributed by atoms with van der Waals surface area (Å²) in [5.41, 5.74) is 0. The smallest absolute Gasteiger partial charge is 0.155 e. The molecule has 0 aliphatic carbocycles. The molecule has 0 unspecified atom stereocenters. The summed E-state index contributed by atoms with van der Waals surface area (Å²) in [6.45, 7) is 3.41. The van der Waals surface area contributed by atoms with Crippen LogP contribution in [0.25, 0.3) is 0 Å². The second-order valence-electron chi connectivity index (χ2n) is 2.19. The summed E-state index contributed by atoms with van der Waals surface area (Å²) in [6, 6.07) is 0. The van der Waals surface area contributed by atoms with Gasteiger partial charge in [-0.3, -0.25) is 4.79 Å². The van der Waals surface area contributed by atoms with Crippen LogP contribution in [0.2, 0.25) is 0 Å². The molecule has 11 heavy (non-hydrogen) atoms. The van der Waals surface area contributed by atoms with Crippen molar-refractivity contribution in [2.24, 2.45) is 0 Å². The van der Waals surface area contributed by atoms with Crippen molar-refractivity contribution < 1.29 is 4.79 Å². The zero-order valence-corrected chi connectivity index (χ0v) is 8.71. The third-order valence-corrected chi connectivity index (χ3v) is 1.79. The highest BCUT2D eigenvalue weighted by atomic mass is 127. The molecule has 0 N–H and O–H groups in total. The predicted molar refractivity (Wildman–Crippen MR) is 57.1 cm³/mol. The molecule has 0 aliphatic heterocycles. The maximum atomic E-state index is 10.7. The highest BCUT2D eigenvalue weighted by Gasteiger charge is 1.92. The van der Waals surface area contributed by atoms with Crippen molar-refractivity contribution >= 4 is 28.4 Å². The zero-order chi connectivity index (χ0) is 8.53. The summed E-state index contributed by atoms with van der Waals surface area (Å²) in [5.74, 6) is 0.146. The van der Waals surface area contributed by atoms with Crippen molar-refractivity contribution in [2.45, 2.75) is 19.3 Å². The lowest BCUT2D eigenvalue weighted by Crippen LogP contribution is -1.89. The van der Waals surface area contributed by atoms with Gasteiger partial charge in [-0.1, -0.05) is 41.3 Å². The van der Waals surface area contributed by atoms with Gasteiger partial charge in [0.1, 0.15) is 0 Å². The van der Waals surface area contributed by atoms with Gasteiger partial charge >= 0.3 is 0 Å². The quantitative estimate of drug-likeness (QED) is 0.237. The van der Waals surface area contributed by atoms with E-state index in [0.717, 1.165) is 17.3 Å². The lowest BCUT2D eigenvalue weighted by molar-refractivity contribution is -0.114. The van der Waals surface area contributed by atoms with E-state index in [0.29, 0.717) is 6.42 Å². The number of allylic oxidation sites excluding steroid dienone is 3. The summed E-state index contributed by atoms with van der Waals surface area (Å²) in [7, 11) is 0. The van der Waals surface area contributed by atoms with E-state index in [2.05, 4.69) is 41.3 Å². The lowest BCUT2D eigenvalue weighted by atomic mass is 10.2. The molecule has 0 spiro atoms. The molecule has 0 saturated carbocycles. The van der Waals surface area contributed by atoms with E-state index >= 15 is 0 Å². The fraction of sp³-hybridized carbons (Fsp3) is 0.444. The molecule has 0 radical (unpaired) electrons. The second kappa shape index (κ2) is 7.98. The van der Waals surface area contributed by atoms with Crippen LogP contribution in [0.4, 0.5) is 0 Å². The Hall–Kier alpha value is -0.120. The minimum absolute atomic E-state index is 0.146. The van der Waals surface area contributed by atoms with Gasteiger partial charge in [0.15, 0.2) is 5.78 Å². The Morgan fingerprint density at radius 2 is 2.18 bits per heavy atom. The normalized spacial score (nSPS) is 10.3. The fourth-order valence-electron chi connectivity index (χ4n) is 0.677. The summed E-state index contributed by atoms with van der Waals surface area (Å²) in [6.07, 6.45) is 8.19. The van der Waals surface area contributed by atoms with Gasteiger partial charge in [-0.2, -0.15) is 0 Å². The molecule has 62 valence electrons. The molecule has 0 atom stereocenters. The first-order chi connectivity index (χ1) is 5.31. The number of alkyl halides is 1.